The molecular formula is C10H22N4O. The highest BCUT2D eigenvalue weighted by Gasteiger charge is 2.21. The molecule has 0 saturated carbocycles. The standard InChI is InChI=1S/C10H22N4O/c1-13(2)4-3-5-14-6-7-15-9(8-14)10(11)12/h9H,3-8H2,1-2H3,(H3,11,12). The van der Waals surface area contributed by atoms with Crippen LogP contribution in [0.25, 0.3) is 0 Å². The van der Waals surface area contributed by atoms with Gasteiger partial charge in [0.15, 0.2) is 0 Å². The quantitative estimate of drug-likeness (QED) is 0.482. The molecule has 1 aliphatic rings. The summed E-state index contributed by atoms with van der Waals surface area (Å²) in [6.45, 7) is 4.57. The molecule has 0 aromatic rings. The second kappa shape index (κ2) is 6.05. The van der Waals surface area contributed by atoms with Gasteiger partial charge >= 0.3 is 0 Å². The summed E-state index contributed by atoms with van der Waals surface area (Å²) in [4.78, 5) is 4.50. The fraction of sp³-hybridized carbons (Fsp3) is 0.900. The van der Waals surface area contributed by atoms with E-state index >= 15 is 0 Å². The van der Waals surface area contributed by atoms with Gasteiger partial charge in [-0.15, -0.1) is 0 Å². The van der Waals surface area contributed by atoms with Crippen molar-refractivity contribution in [3.05, 3.63) is 0 Å². The third-order valence-electron chi connectivity index (χ3n) is 2.58. The molecule has 0 aromatic heterocycles. The van der Waals surface area contributed by atoms with E-state index < -0.39 is 0 Å². The lowest BCUT2D eigenvalue weighted by molar-refractivity contribution is 0.00481. The molecule has 0 amide bonds. The number of nitrogens with zero attached hydrogens (tertiary/aromatic N) is 2. The molecule has 0 spiro atoms. The largest absolute Gasteiger partial charge is 0.385 e. The molecule has 0 bridgehead atoms. The van der Waals surface area contributed by atoms with Crippen LogP contribution in [0.3, 0.4) is 0 Å². The van der Waals surface area contributed by atoms with Crippen molar-refractivity contribution in [2.75, 3.05) is 46.9 Å². The number of nitrogens with one attached hydrogen (secondary N) is 1. The van der Waals surface area contributed by atoms with Gasteiger partial charge in [-0.25, -0.2) is 0 Å². The van der Waals surface area contributed by atoms with Gasteiger partial charge in [0, 0.05) is 13.1 Å². The summed E-state index contributed by atoms with van der Waals surface area (Å²) in [5.74, 6) is 0.146. The summed E-state index contributed by atoms with van der Waals surface area (Å²) in [6.07, 6.45) is 0.954. The summed E-state index contributed by atoms with van der Waals surface area (Å²) < 4.78 is 5.40. The number of nitrogens with two attached hydrogens (primary N) is 1. The Hall–Kier alpha value is -0.650. The SMILES string of the molecule is CN(C)CCCN1CCOC(C(=N)N)C1. The van der Waals surface area contributed by atoms with Crippen LogP contribution in [-0.2, 0) is 4.74 Å². The molecule has 1 rings (SSSR count). The number of hydrogen-bond acceptors (Lipinski definition) is 4. The van der Waals surface area contributed by atoms with Gasteiger partial charge in [-0.1, -0.05) is 0 Å². The molecule has 1 heterocycles. The summed E-state index contributed by atoms with van der Waals surface area (Å²) in [5, 5.41) is 7.34. The molecule has 88 valence electrons. The van der Waals surface area contributed by atoms with Gasteiger partial charge in [-0.3, -0.25) is 10.3 Å². The Morgan fingerprint density at radius 2 is 2.33 bits per heavy atom. The highest BCUT2D eigenvalue weighted by Crippen LogP contribution is 2.05. The van der Waals surface area contributed by atoms with Crippen molar-refractivity contribution >= 4 is 5.84 Å². The molecule has 3 N–H and O–H groups in total. The van der Waals surface area contributed by atoms with Crippen molar-refractivity contribution in [3.63, 3.8) is 0 Å². The van der Waals surface area contributed by atoms with Crippen LogP contribution in [0.5, 0.6) is 0 Å². The Bertz CT molecular complexity index is 208. The number of ether oxygens (including phenoxy) is 1. The topological polar surface area (TPSA) is 65.6 Å². The van der Waals surface area contributed by atoms with Gasteiger partial charge in [0.25, 0.3) is 0 Å². The molecule has 0 aromatic carbocycles. The van der Waals surface area contributed by atoms with Gasteiger partial charge in [0.1, 0.15) is 11.9 Å². The third kappa shape index (κ3) is 4.59. The predicted octanol–water partition coefficient (Wildman–Crippen LogP) is -0.425. The van der Waals surface area contributed by atoms with Crippen molar-refractivity contribution in [3.8, 4) is 0 Å². The number of rotatable bonds is 5. The molecule has 1 saturated heterocycles. The fourth-order valence-corrected chi connectivity index (χ4v) is 1.70. The monoisotopic (exact) mass is 214 g/mol. The zero-order chi connectivity index (χ0) is 11.3. The summed E-state index contributed by atoms with van der Waals surface area (Å²) in [7, 11) is 4.16. The van der Waals surface area contributed by atoms with E-state index in [1.807, 2.05) is 0 Å². The van der Waals surface area contributed by atoms with Crippen LogP contribution in [0.15, 0.2) is 0 Å². The maximum Gasteiger partial charge on any atom is 0.127 e. The second-order valence-corrected chi connectivity index (χ2v) is 4.27. The van der Waals surface area contributed by atoms with Crippen molar-refractivity contribution in [2.24, 2.45) is 5.73 Å². The van der Waals surface area contributed by atoms with E-state index in [9.17, 15) is 0 Å². The van der Waals surface area contributed by atoms with E-state index in [1.54, 1.807) is 0 Å². The predicted molar refractivity (Wildman–Crippen MR) is 61.3 cm³/mol. The molecular weight excluding hydrogens is 192 g/mol. The van der Waals surface area contributed by atoms with E-state index in [2.05, 4.69) is 23.9 Å². The van der Waals surface area contributed by atoms with Crippen LogP contribution in [0.1, 0.15) is 6.42 Å². The van der Waals surface area contributed by atoms with E-state index in [-0.39, 0.29) is 11.9 Å². The van der Waals surface area contributed by atoms with Crippen LogP contribution < -0.4 is 5.73 Å². The lowest BCUT2D eigenvalue weighted by Gasteiger charge is -2.32. The zero-order valence-electron chi connectivity index (χ0n) is 9.70. The third-order valence-corrected chi connectivity index (χ3v) is 2.58. The molecule has 5 nitrogen and oxygen atoms in total. The molecule has 0 aliphatic carbocycles. The molecule has 0 radical (unpaired) electrons. The maximum absolute atomic E-state index is 7.34. The van der Waals surface area contributed by atoms with Gasteiger partial charge in [0.05, 0.1) is 6.61 Å². The van der Waals surface area contributed by atoms with Crippen LogP contribution in [0, 0.1) is 5.41 Å². The first-order valence-electron chi connectivity index (χ1n) is 5.42. The fourth-order valence-electron chi connectivity index (χ4n) is 1.70. The lowest BCUT2D eigenvalue weighted by atomic mass is 10.2. The Kier molecular flexibility index (Phi) is 5.01. The average molecular weight is 214 g/mol. The number of amidine groups is 1. The van der Waals surface area contributed by atoms with Gasteiger partial charge in [0.2, 0.25) is 0 Å². The van der Waals surface area contributed by atoms with Gasteiger partial charge < -0.3 is 15.4 Å². The molecule has 15 heavy (non-hydrogen) atoms. The minimum atomic E-state index is -0.196. The number of hydrogen-bond donors (Lipinski definition) is 2. The van der Waals surface area contributed by atoms with E-state index in [0.29, 0.717) is 6.61 Å². The first kappa shape index (κ1) is 12.4. The molecule has 1 atom stereocenters. The van der Waals surface area contributed by atoms with Crippen LogP contribution in [0.2, 0.25) is 0 Å². The summed E-state index contributed by atoms with van der Waals surface area (Å²) in [6, 6.07) is 0. The van der Waals surface area contributed by atoms with Gasteiger partial charge in [-0.2, -0.15) is 0 Å². The highest BCUT2D eigenvalue weighted by molar-refractivity contribution is 5.82. The van der Waals surface area contributed by atoms with E-state index in [1.165, 1.54) is 0 Å². The van der Waals surface area contributed by atoms with E-state index in [0.717, 1.165) is 32.6 Å². The Labute approximate surface area is 91.7 Å². The Morgan fingerprint density at radius 3 is 2.93 bits per heavy atom. The van der Waals surface area contributed by atoms with Crippen LogP contribution >= 0.6 is 0 Å². The zero-order valence-corrected chi connectivity index (χ0v) is 9.70. The minimum absolute atomic E-state index is 0.146. The smallest absolute Gasteiger partial charge is 0.127 e. The van der Waals surface area contributed by atoms with Crippen molar-refractivity contribution in [1.82, 2.24) is 9.80 Å². The Morgan fingerprint density at radius 1 is 1.60 bits per heavy atom. The maximum atomic E-state index is 7.34. The van der Waals surface area contributed by atoms with Crippen LogP contribution in [-0.4, -0.2) is 68.6 Å². The van der Waals surface area contributed by atoms with E-state index in [4.69, 9.17) is 15.9 Å². The average Bonchev–Trinajstić information content (AvgIpc) is 2.17. The Balaban J connectivity index is 2.21. The van der Waals surface area contributed by atoms with Crippen LogP contribution in [0.4, 0.5) is 0 Å². The minimum Gasteiger partial charge on any atom is -0.385 e. The highest BCUT2D eigenvalue weighted by atomic mass is 16.5. The summed E-state index contributed by atoms with van der Waals surface area (Å²) >= 11 is 0. The molecule has 5 heteroatoms. The van der Waals surface area contributed by atoms with Crippen molar-refractivity contribution in [1.29, 1.82) is 5.41 Å². The van der Waals surface area contributed by atoms with Crippen molar-refractivity contribution in [2.45, 2.75) is 12.5 Å². The number of morpholine rings is 1. The molecule has 1 unspecified atom stereocenters. The first-order valence-corrected chi connectivity index (χ1v) is 5.42. The molecule has 1 aliphatic heterocycles. The second-order valence-electron chi connectivity index (χ2n) is 4.27. The molecule has 1 fully saturated rings. The lowest BCUT2D eigenvalue weighted by Crippen LogP contribution is -2.48. The normalized spacial score (nSPS) is 23.3. The summed E-state index contributed by atoms with van der Waals surface area (Å²) in [5.41, 5.74) is 5.43. The first-order chi connectivity index (χ1) is 7.09. The van der Waals surface area contributed by atoms with Crippen molar-refractivity contribution < 1.29 is 4.74 Å². The van der Waals surface area contributed by atoms with Gasteiger partial charge in [-0.05, 0) is 33.6 Å².